The number of carbonyl (C=O) groups excluding carboxylic acids is 1. The van der Waals surface area contributed by atoms with E-state index in [0.717, 1.165) is 12.1 Å². The number of nitrogens with zero attached hydrogens (tertiary/aromatic N) is 2. The average molecular weight is 422 g/mol. The van der Waals surface area contributed by atoms with Crippen molar-refractivity contribution in [3.8, 4) is 5.75 Å². The molecule has 0 saturated carbocycles. The number of hydrogen-bond donors (Lipinski definition) is 0. The molecule has 2 aliphatic heterocycles. The number of benzene rings is 1. The smallest absolute Gasteiger partial charge is 0.406 e. The van der Waals surface area contributed by atoms with Gasteiger partial charge in [-0.05, 0) is 30.7 Å². The lowest BCUT2D eigenvalue weighted by Gasteiger charge is -2.24. The van der Waals surface area contributed by atoms with E-state index in [0.29, 0.717) is 17.3 Å². The molecule has 0 radical (unpaired) electrons. The van der Waals surface area contributed by atoms with Gasteiger partial charge in [0.15, 0.2) is 15.0 Å². The van der Waals surface area contributed by atoms with Gasteiger partial charge in [0.25, 0.3) is 0 Å². The highest BCUT2D eigenvalue weighted by molar-refractivity contribution is 8.16. The normalized spacial score (nSPS) is 25.6. The lowest BCUT2D eigenvalue weighted by atomic mass is 10.2. The second-order valence-electron chi connectivity index (χ2n) is 6.25. The molecule has 0 aromatic heterocycles. The standard InChI is InChI=1S/C16H17F3N2O4S2/c1-2-3-14(22)20-15-21(12-8-27(23,24)9-13(12)26-15)10-4-6-11(7-5-10)25-16(17,18)19/h4-7,12-13H,2-3,8-9H2,1H3/t12-,13+/m1/s1. The summed E-state index contributed by atoms with van der Waals surface area (Å²) in [7, 11) is -3.22. The third-order valence-electron chi connectivity index (χ3n) is 4.10. The topological polar surface area (TPSA) is 76.0 Å². The number of anilines is 1. The quantitative estimate of drug-likeness (QED) is 0.743. The van der Waals surface area contributed by atoms with Crippen LogP contribution in [0.2, 0.25) is 0 Å². The highest BCUT2D eigenvalue weighted by atomic mass is 32.2. The van der Waals surface area contributed by atoms with Gasteiger partial charge in [-0.15, -0.1) is 13.2 Å². The second kappa shape index (κ2) is 7.34. The summed E-state index contributed by atoms with van der Waals surface area (Å²) in [5.41, 5.74) is 0.463. The average Bonchev–Trinajstić information content (AvgIpc) is 2.98. The van der Waals surface area contributed by atoms with E-state index in [9.17, 15) is 26.4 Å². The predicted octanol–water partition coefficient (Wildman–Crippen LogP) is 2.99. The van der Waals surface area contributed by atoms with Crippen LogP contribution in [0.25, 0.3) is 0 Å². The molecular weight excluding hydrogens is 405 g/mol. The van der Waals surface area contributed by atoms with Crippen LogP contribution in [0.5, 0.6) is 5.75 Å². The van der Waals surface area contributed by atoms with E-state index in [1.165, 1.54) is 23.9 Å². The Morgan fingerprint density at radius 3 is 2.56 bits per heavy atom. The van der Waals surface area contributed by atoms with Crippen LogP contribution in [0.4, 0.5) is 18.9 Å². The van der Waals surface area contributed by atoms with Crippen molar-refractivity contribution in [3.05, 3.63) is 24.3 Å². The van der Waals surface area contributed by atoms with Crippen LogP contribution in [0.3, 0.4) is 0 Å². The molecule has 2 atom stereocenters. The number of ether oxygens (including phenoxy) is 1. The van der Waals surface area contributed by atoms with Crippen molar-refractivity contribution >= 4 is 38.4 Å². The van der Waals surface area contributed by atoms with Gasteiger partial charge in [-0.1, -0.05) is 18.7 Å². The molecule has 148 valence electrons. The van der Waals surface area contributed by atoms with Crippen LogP contribution >= 0.6 is 11.8 Å². The van der Waals surface area contributed by atoms with Crippen LogP contribution < -0.4 is 9.64 Å². The van der Waals surface area contributed by atoms with Crippen molar-refractivity contribution in [2.75, 3.05) is 16.4 Å². The Hall–Kier alpha value is -1.75. The second-order valence-corrected chi connectivity index (χ2v) is 9.61. The number of amides is 1. The lowest BCUT2D eigenvalue weighted by molar-refractivity contribution is -0.274. The van der Waals surface area contributed by atoms with Gasteiger partial charge < -0.3 is 9.64 Å². The van der Waals surface area contributed by atoms with E-state index < -0.39 is 22.2 Å². The minimum Gasteiger partial charge on any atom is -0.406 e. The van der Waals surface area contributed by atoms with Gasteiger partial charge in [0.1, 0.15) is 5.75 Å². The maximum atomic E-state index is 12.3. The number of thioether (sulfide) groups is 1. The molecule has 2 fully saturated rings. The molecular formula is C16H17F3N2O4S2. The zero-order chi connectivity index (χ0) is 19.8. The van der Waals surface area contributed by atoms with Gasteiger partial charge in [0, 0.05) is 17.4 Å². The molecule has 27 heavy (non-hydrogen) atoms. The molecule has 11 heteroatoms. The Morgan fingerprint density at radius 2 is 1.96 bits per heavy atom. The first kappa shape index (κ1) is 20.0. The number of sulfone groups is 1. The molecule has 6 nitrogen and oxygen atoms in total. The van der Waals surface area contributed by atoms with Gasteiger partial charge in [0.05, 0.1) is 17.5 Å². The van der Waals surface area contributed by atoms with E-state index in [1.807, 2.05) is 6.92 Å². The van der Waals surface area contributed by atoms with E-state index in [4.69, 9.17) is 0 Å². The minimum atomic E-state index is -4.80. The molecule has 1 amide bonds. The molecule has 1 aromatic rings. The largest absolute Gasteiger partial charge is 0.573 e. The number of halogens is 3. The minimum absolute atomic E-state index is 0.0188. The Bertz CT molecular complexity index is 853. The zero-order valence-corrected chi connectivity index (χ0v) is 15.9. The SMILES string of the molecule is CCCC(=O)N=C1S[C@H]2CS(=O)(=O)C[C@H]2N1c1ccc(OC(F)(F)F)cc1. The van der Waals surface area contributed by atoms with Crippen LogP contribution in [0.15, 0.2) is 29.3 Å². The Kier molecular flexibility index (Phi) is 5.44. The Labute approximate surface area is 158 Å². The number of fused-ring (bicyclic) bond motifs is 1. The van der Waals surface area contributed by atoms with Crippen LogP contribution in [0, 0.1) is 0 Å². The number of alkyl halides is 3. The van der Waals surface area contributed by atoms with E-state index in [1.54, 1.807) is 4.90 Å². The number of aliphatic imine (C=N–C) groups is 1. The lowest BCUT2D eigenvalue weighted by Crippen LogP contribution is -2.37. The van der Waals surface area contributed by atoms with Crippen molar-refractivity contribution in [2.24, 2.45) is 4.99 Å². The molecule has 0 N–H and O–H groups in total. The molecule has 1 aromatic carbocycles. The monoisotopic (exact) mass is 422 g/mol. The van der Waals surface area contributed by atoms with Crippen molar-refractivity contribution in [3.63, 3.8) is 0 Å². The first-order valence-corrected chi connectivity index (χ1v) is 10.9. The number of amidine groups is 1. The highest BCUT2D eigenvalue weighted by Gasteiger charge is 2.49. The van der Waals surface area contributed by atoms with Gasteiger partial charge >= 0.3 is 6.36 Å². The van der Waals surface area contributed by atoms with Gasteiger partial charge in [-0.2, -0.15) is 4.99 Å². The molecule has 0 aliphatic carbocycles. The van der Waals surface area contributed by atoms with Gasteiger partial charge in [-0.25, -0.2) is 8.42 Å². The van der Waals surface area contributed by atoms with Crippen molar-refractivity contribution in [1.82, 2.24) is 0 Å². The predicted molar refractivity (Wildman–Crippen MR) is 96.8 cm³/mol. The summed E-state index contributed by atoms with van der Waals surface area (Å²) >= 11 is 1.22. The van der Waals surface area contributed by atoms with E-state index >= 15 is 0 Å². The molecule has 2 heterocycles. The fourth-order valence-corrected chi connectivity index (χ4v) is 6.98. The maximum Gasteiger partial charge on any atom is 0.573 e. The third-order valence-corrected chi connectivity index (χ3v) is 7.31. The van der Waals surface area contributed by atoms with Crippen LogP contribution in [-0.2, 0) is 14.6 Å². The van der Waals surface area contributed by atoms with E-state index in [-0.39, 0.29) is 34.8 Å². The molecule has 3 rings (SSSR count). The first-order valence-electron chi connectivity index (χ1n) is 8.21. The van der Waals surface area contributed by atoms with Crippen molar-refractivity contribution in [2.45, 2.75) is 37.4 Å². The Balaban J connectivity index is 1.91. The summed E-state index contributed by atoms with van der Waals surface area (Å²) in [4.78, 5) is 17.7. The fourth-order valence-electron chi connectivity index (χ4n) is 3.05. The summed E-state index contributed by atoms with van der Waals surface area (Å²) in [6, 6.07) is 4.68. The summed E-state index contributed by atoms with van der Waals surface area (Å²) in [6.07, 6.45) is -3.90. The number of carbonyl (C=O) groups is 1. The zero-order valence-electron chi connectivity index (χ0n) is 14.3. The summed E-state index contributed by atoms with van der Waals surface area (Å²) in [6.45, 7) is 1.85. The molecule has 0 bridgehead atoms. The summed E-state index contributed by atoms with van der Waals surface area (Å²) < 4.78 is 64.8. The van der Waals surface area contributed by atoms with Crippen LogP contribution in [0.1, 0.15) is 19.8 Å². The van der Waals surface area contributed by atoms with Crippen molar-refractivity contribution in [1.29, 1.82) is 0 Å². The molecule has 2 saturated heterocycles. The van der Waals surface area contributed by atoms with Crippen LogP contribution in [-0.4, -0.2) is 48.7 Å². The van der Waals surface area contributed by atoms with Gasteiger partial charge in [-0.3, -0.25) is 4.79 Å². The molecule has 0 unspecified atom stereocenters. The highest BCUT2D eigenvalue weighted by Crippen LogP contribution is 2.41. The van der Waals surface area contributed by atoms with Gasteiger partial charge in [0.2, 0.25) is 5.91 Å². The Morgan fingerprint density at radius 1 is 1.30 bits per heavy atom. The third kappa shape index (κ3) is 4.75. The maximum absolute atomic E-state index is 12.3. The molecule has 2 aliphatic rings. The van der Waals surface area contributed by atoms with E-state index in [2.05, 4.69) is 9.73 Å². The molecule has 0 spiro atoms. The number of rotatable bonds is 4. The first-order chi connectivity index (χ1) is 12.6. The fraction of sp³-hybridized carbons (Fsp3) is 0.500. The number of hydrogen-bond acceptors (Lipinski definition) is 5. The summed E-state index contributed by atoms with van der Waals surface area (Å²) in [5.74, 6) is -0.805. The summed E-state index contributed by atoms with van der Waals surface area (Å²) in [5, 5.41) is 0.108. The van der Waals surface area contributed by atoms with Crippen molar-refractivity contribution < 1.29 is 31.1 Å².